The van der Waals surface area contributed by atoms with Gasteiger partial charge in [-0.2, -0.15) is 0 Å². The highest BCUT2D eigenvalue weighted by Gasteiger charge is 2.66. The smallest absolute Gasteiger partial charge is 0.330 e. The Morgan fingerprint density at radius 1 is 1.12 bits per heavy atom. The highest BCUT2D eigenvalue weighted by molar-refractivity contribution is 6.33. The van der Waals surface area contributed by atoms with Gasteiger partial charge in [0.25, 0.3) is 5.91 Å². The summed E-state index contributed by atoms with van der Waals surface area (Å²) in [4.78, 5) is 58.0. The normalized spacial score (nSPS) is 19.7. The zero-order valence-electron chi connectivity index (χ0n) is 18.7. The minimum absolute atomic E-state index is 0.0160. The van der Waals surface area contributed by atoms with Crippen LogP contribution in [0.1, 0.15) is 44.4 Å². The van der Waals surface area contributed by atoms with Crippen molar-refractivity contribution < 1.29 is 28.4 Å². The van der Waals surface area contributed by atoms with Gasteiger partial charge in [0.1, 0.15) is 5.82 Å². The highest BCUT2D eigenvalue weighted by atomic mass is 35.5. The first-order valence-corrected chi connectivity index (χ1v) is 11.0. The number of carbonyl (C=O) groups is 4. The number of nitrogens with one attached hydrogen (secondary N) is 1. The van der Waals surface area contributed by atoms with Gasteiger partial charge in [0.05, 0.1) is 12.2 Å². The molecule has 1 atom stereocenters. The van der Waals surface area contributed by atoms with E-state index in [9.17, 15) is 23.6 Å². The average molecular weight is 508 g/mol. The number of fused-ring (bicyclic) bond motifs is 2. The fourth-order valence-electron chi connectivity index (χ4n) is 4.30. The van der Waals surface area contributed by atoms with E-state index in [0.717, 1.165) is 17.9 Å². The summed E-state index contributed by atoms with van der Waals surface area (Å²) in [7, 11) is 0. The van der Waals surface area contributed by atoms with Crippen LogP contribution in [0.4, 0.5) is 14.9 Å². The van der Waals surface area contributed by atoms with Crippen molar-refractivity contribution in [3.05, 3.63) is 62.9 Å². The van der Waals surface area contributed by atoms with Crippen molar-refractivity contribution in [1.29, 1.82) is 0 Å². The molecule has 2 aliphatic rings. The second-order valence-corrected chi connectivity index (χ2v) is 9.90. The Morgan fingerprint density at radius 3 is 2.41 bits per heavy atom. The molecule has 1 fully saturated rings. The summed E-state index contributed by atoms with van der Waals surface area (Å²) < 4.78 is 14.4. The van der Waals surface area contributed by atoms with E-state index >= 15 is 0 Å². The molecular weight excluding hydrogens is 488 g/mol. The van der Waals surface area contributed by atoms with Crippen LogP contribution < -0.4 is 10.4 Å². The van der Waals surface area contributed by atoms with E-state index in [1.54, 1.807) is 0 Å². The van der Waals surface area contributed by atoms with Crippen molar-refractivity contribution in [1.82, 2.24) is 10.2 Å². The summed E-state index contributed by atoms with van der Waals surface area (Å²) in [6.45, 7) is 6.09. The number of imide groups is 1. The zero-order valence-corrected chi connectivity index (χ0v) is 20.2. The lowest BCUT2D eigenvalue weighted by Gasteiger charge is -2.28. The standard InChI is InChI=1S/C23H20Cl2FN3O5/c1-11(30)34-29-16-8-6-14(25)17(22(2,3)4)18(16)23(20(29)32)19(31)28(21(33)27-23)10-12-9-13(24)5-7-15(12)26/h5-9H,10H2,1-4H3,(H,27,33). The molecule has 1 N–H and O–H groups in total. The fourth-order valence-corrected chi connectivity index (χ4v) is 4.94. The Labute approximate surface area is 204 Å². The maximum absolute atomic E-state index is 14.4. The Kier molecular flexibility index (Phi) is 5.61. The minimum Gasteiger partial charge on any atom is -0.333 e. The molecule has 2 aliphatic heterocycles. The first-order chi connectivity index (χ1) is 15.8. The molecule has 11 heteroatoms. The fraction of sp³-hybridized carbons (Fsp3) is 0.304. The van der Waals surface area contributed by atoms with Crippen LogP contribution in [0, 0.1) is 5.82 Å². The van der Waals surface area contributed by atoms with Crippen molar-refractivity contribution >= 4 is 52.7 Å². The van der Waals surface area contributed by atoms with E-state index in [0.29, 0.717) is 10.6 Å². The maximum Gasteiger partial charge on any atom is 0.330 e. The second-order valence-electron chi connectivity index (χ2n) is 9.06. The molecule has 0 aliphatic carbocycles. The lowest BCUT2D eigenvalue weighted by Crippen LogP contribution is -2.53. The van der Waals surface area contributed by atoms with Gasteiger partial charge in [0.15, 0.2) is 0 Å². The van der Waals surface area contributed by atoms with Gasteiger partial charge in [-0.15, -0.1) is 5.06 Å². The number of carbonyl (C=O) groups excluding carboxylic acids is 4. The third-order valence-corrected chi connectivity index (χ3v) is 6.19. The summed E-state index contributed by atoms with van der Waals surface area (Å²) >= 11 is 12.5. The van der Waals surface area contributed by atoms with E-state index in [2.05, 4.69) is 5.32 Å². The van der Waals surface area contributed by atoms with E-state index in [-0.39, 0.29) is 26.9 Å². The predicted octanol–water partition coefficient (Wildman–Crippen LogP) is 4.20. The number of anilines is 1. The van der Waals surface area contributed by atoms with Gasteiger partial charge in [0, 0.05) is 28.1 Å². The number of hydroxylamine groups is 1. The van der Waals surface area contributed by atoms with Crippen LogP contribution in [-0.2, 0) is 36.7 Å². The molecule has 1 saturated heterocycles. The number of hydrogen-bond acceptors (Lipinski definition) is 5. The highest BCUT2D eigenvalue weighted by Crippen LogP contribution is 2.50. The SMILES string of the molecule is CC(=O)ON1C(=O)C2(NC(=O)N(Cc3cc(Cl)ccc3F)C2=O)c2c1ccc(Cl)c2C(C)(C)C. The van der Waals surface area contributed by atoms with Crippen LogP contribution in [0.25, 0.3) is 0 Å². The summed E-state index contributed by atoms with van der Waals surface area (Å²) in [5.74, 6) is -3.43. The number of halogens is 3. The molecule has 178 valence electrons. The zero-order chi connectivity index (χ0) is 25.2. The number of rotatable bonds is 3. The first-order valence-electron chi connectivity index (χ1n) is 10.2. The molecular formula is C23H20Cl2FN3O5. The van der Waals surface area contributed by atoms with Crippen LogP contribution in [0.2, 0.25) is 10.0 Å². The van der Waals surface area contributed by atoms with Crippen molar-refractivity contribution in [2.45, 2.75) is 45.2 Å². The molecule has 34 heavy (non-hydrogen) atoms. The Bertz CT molecular complexity index is 1280. The molecule has 0 bridgehead atoms. The van der Waals surface area contributed by atoms with Gasteiger partial charge < -0.3 is 10.2 Å². The van der Waals surface area contributed by atoms with Gasteiger partial charge in [-0.1, -0.05) is 44.0 Å². The number of urea groups is 1. The molecule has 0 radical (unpaired) electrons. The quantitative estimate of drug-likeness (QED) is 0.496. The lowest BCUT2D eigenvalue weighted by atomic mass is 9.77. The topological polar surface area (TPSA) is 96.0 Å². The number of nitrogens with zero attached hydrogens (tertiary/aromatic N) is 2. The minimum atomic E-state index is -2.25. The molecule has 4 rings (SSSR count). The number of hydrogen-bond donors (Lipinski definition) is 1. The summed E-state index contributed by atoms with van der Waals surface area (Å²) in [6.07, 6.45) is 0. The van der Waals surface area contributed by atoms with E-state index < -0.39 is 47.1 Å². The summed E-state index contributed by atoms with van der Waals surface area (Å²) in [5.41, 5.74) is -2.33. The van der Waals surface area contributed by atoms with Crippen LogP contribution in [0.5, 0.6) is 0 Å². The Morgan fingerprint density at radius 2 is 1.79 bits per heavy atom. The largest absolute Gasteiger partial charge is 0.333 e. The van der Waals surface area contributed by atoms with Crippen LogP contribution in [0.15, 0.2) is 30.3 Å². The second kappa shape index (κ2) is 7.95. The molecule has 2 aromatic carbocycles. The molecule has 4 amide bonds. The average Bonchev–Trinajstić information content (AvgIpc) is 3.10. The van der Waals surface area contributed by atoms with Gasteiger partial charge >= 0.3 is 17.9 Å². The van der Waals surface area contributed by atoms with Crippen LogP contribution in [0.3, 0.4) is 0 Å². The van der Waals surface area contributed by atoms with Crippen molar-refractivity contribution in [3.63, 3.8) is 0 Å². The Balaban J connectivity index is 1.92. The van der Waals surface area contributed by atoms with Crippen molar-refractivity contribution in [2.75, 3.05) is 5.06 Å². The molecule has 2 heterocycles. The maximum atomic E-state index is 14.4. The summed E-state index contributed by atoms with van der Waals surface area (Å²) in [6, 6.07) is 5.76. The van der Waals surface area contributed by atoms with Gasteiger partial charge in [-0.3, -0.25) is 14.5 Å². The van der Waals surface area contributed by atoms with Crippen LogP contribution in [-0.4, -0.2) is 28.7 Å². The van der Waals surface area contributed by atoms with Crippen LogP contribution >= 0.6 is 23.2 Å². The van der Waals surface area contributed by atoms with E-state index in [1.165, 1.54) is 24.3 Å². The van der Waals surface area contributed by atoms with E-state index in [1.807, 2.05) is 20.8 Å². The molecule has 8 nitrogen and oxygen atoms in total. The first kappa shape index (κ1) is 24.0. The van der Waals surface area contributed by atoms with Crippen molar-refractivity contribution in [3.8, 4) is 0 Å². The van der Waals surface area contributed by atoms with Gasteiger partial charge in [-0.05, 0) is 41.3 Å². The molecule has 0 saturated carbocycles. The van der Waals surface area contributed by atoms with E-state index in [4.69, 9.17) is 28.0 Å². The molecule has 1 unspecified atom stereocenters. The Hall–Kier alpha value is -3.17. The third-order valence-electron chi connectivity index (χ3n) is 5.64. The molecule has 2 aromatic rings. The summed E-state index contributed by atoms with van der Waals surface area (Å²) in [5, 5.41) is 3.62. The molecule has 1 spiro atoms. The van der Waals surface area contributed by atoms with Gasteiger partial charge in [0.2, 0.25) is 5.54 Å². The van der Waals surface area contributed by atoms with Gasteiger partial charge in [-0.25, -0.2) is 14.0 Å². The third kappa shape index (κ3) is 3.50. The monoisotopic (exact) mass is 507 g/mol. The lowest BCUT2D eigenvalue weighted by molar-refractivity contribution is -0.151. The predicted molar refractivity (Wildman–Crippen MR) is 122 cm³/mol. The number of amides is 4. The van der Waals surface area contributed by atoms with Crippen molar-refractivity contribution in [2.24, 2.45) is 0 Å². The number of benzene rings is 2. The molecule has 0 aromatic heterocycles.